The van der Waals surface area contributed by atoms with Crippen molar-refractivity contribution in [1.29, 1.82) is 0 Å². The van der Waals surface area contributed by atoms with Crippen molar-refractivity contribution in [3.05, 3.63) is 64.2 Å². The van der Waals surface area contributed by atoms with Gasteiger partial charge in [0.1, 0.15) is 0 Å². The summed E-state index contributed by atoms with van der Waals surface area (Å²) in [5.41, 5.74) is 4.63. The number of halogens is 1. The van der Waals surface area contributed by atoms with Crippen LogP contribution in [0, 0.1) is 13.8 Å². The Kier molecular flexibility index (Phi) is 6.01. The Labute approximate surface area is 164 Å². The lowest BCUT2D eigenvalue weighted by molar-refractivity contribution is -0.146. The van der Waals surface area contributed by atoms with Crippen LogP contribution in [0.1, 0.15) is 16.7 Å². The van der Waals surface area contributed by atoms with Crippen LogP contribution in [0.2, 0.25) is 5.02 Å². The Bertz CT molecular complexity index is 828. The lowest BCUT2D eigenvalue weighted by atomic mass is 10.1. The largest absolute Gasteiger partial charge is 0.368 e. The maximum absolute atomic E-state index is 12.4. The van der Waals surface area contributed by atoms with Gasteiger partial charge in [-0.25, -0.2) is 0 Å². The van der Waals surface area contributed by atoms with Gasteiger partial charge < -0.3 is 15.1 Å². The molecule has 0 spiro atoms. The second-order valence-electron chi connectivity index (χ2n) is 6.81. The molecule has 3 rings (SSSR count). The standard InChI is InChI=1S/C21H24ClN3O2/c1-15-4-3-5-19(16(15)2)24-10-12-25(13-11-24)21(27)20(26)23-14-17-6-8-18(22)9-7-17/h3-9H,10-14H2,1-2H3,(H,23,26). The van der Waals surface area contributed by atoms with E-state index >= 15 is 0 Å². The number of hydrogen-bond donors (Lipinski definition) is 1. The van der Waals surface area contributed by atoms with Crippen LogP contribution in [-0.4, -0.2) is 42.9 Å². The topological polar surface area (TPSA) is 52.7 Å². The van der Waals surface area contributed by atoms with E-state index in [-0.39, 0.29) is 0 Å². The number of anilines is 1. The van der Waals surface area contributed by atoms with E-state index in [1.54, 1.807) is 17.0 Å². The molecule has 0 unspecified atom stereocenters. The van der Waals surface area contributed by atoms with Crippen LogP contribution in [-0.2, 0) is 16.1 Å². The Balaban J connectivity index is 1.52. The third-order valence-corrected chi connectivity index (χ3v) is 5.30. The van der Waals surface area contributed by atoms with Crippen molar-refractivity contribution in [2.24, 2.45) is 0 Å². The highest BCUT2D eigenvalue weighted by Crippen LogP contribution is 2.23. The summed E-state index contributed by atoms with van der Waals surface area (Å²) in [7, 11) is 0. The van der Waals surface area contributed by atoms with Crippen LogP contribution in [0.15, 0.2) is 42.5 Å². The summed E-state index contributed by atoms with van der Waals surface area (Å²) in [5, 5.41) is 3.33. The Hall–Kier alpha value is -2.53. The van der Waals surface area contributed by atoms with Gasteiger partial charge in [0, 0.05) is 43.4 Å². The summed E-state index contributed by atoms with van der Waals surface area (Å²) in [6.45, 7) is 7.06. The van der Waals surface area contributed by atoms with Gasteiger partial charge in [0.25, 0.3) is 0 Å². The summed E-state index contributed by atoms with van der Waals surface area (Å²) >= 11 is 5.85. The predicted octanol–water partition coefficient (Wildman–Crippen LogP) is 2.92. The summed E-state index contributed by atoms with van der Waals surface area (Å²) in [6, 6.07) is 13.4. The minimum atomic E-state index is -0.565. The molecule has 0 bridgehead atoms. The van der Waals surface area contributed by atoms with E-state index in [4.69, 9.17) is 11.6 Å². The molecular formula is C21H24ClN3O2. The molecule has 1 N–H and O–H groups in total. The number of carbonyl (C=O) groups excluding carboxylic acids is 2. The van der Waals surface area contributed by atoms with Crippen LogP contribution in [0.4, 0.5) is 5.69 Å². The van der Waals surface area contributed by atoms with Gasteiger partial charge in [-0.2, -0.15) is 0 Å². The molecule has 1 aliphatic heterocycles. The van der Waals surface area contributed by atoms with E-state index in [9.17, 15) is 9.59 Å². The smallest absolute Gasteiger partial charge is 0.312 e. The van der Waals surface area contributed by atoms with Crippen molar-refractivity contribution in [2.75, 3.05) is 31.1 Å². The minimum absolute atomic E-state index is 0.310. The van der Waals surface area contributed by atoms with Crippen molar-refractivity contribution in [3.63, 3.8) is 0 Å². The molecule has 0 radical (unpaired) electrons. The fourth-order valence-electron chi connectivity index (χ4n) is 3.23. The van der Waals surface area contributed by atoms with Crippen molar-refractivity contribution < 1.29 is 9.59 Å². The van der Waals surface area contributed by atoms with Gasteiger partial charge >= 0.3 is 11.8 Å². The second kappa shape index (κ2) is 8.44. The van der Waals surface area contributed by atoms with Gasteiger partial charge in [0.15, 0.2) is 0 Å². The molecule has 2 amide bonds. The summed E-state index contributed by atoms with van der Waals surface area (Å²) < 4.78 is 0. The van der Waals surface area contributed by atoms with Gasteiger partial charge in [-0.1, -0.05) is 35.9 Å². The van der Waals surface area contributed by atoms with Gasteiger partial charge in [-0.15, -0.1) is 0 Å². The van der Waals surface area contributed by atoms with E-state index in [2.05, 4.69) is 42.3 Å². The first-order chi connectivity index (χ1) is 13.0. The van der Waals surface area contributed by atoms with Crippen LogP contribution in [0.3, 0.4) is 0 Å². The number of piperazine rings is 1. The first-order valence-electron chi connectivity index (χ1n) is 9.08. The van der Waals surface area contributed by atoms with Gasteiger partial charge in [0.05, 0.1) is 0 Å². The monoisotopic (exact) mass is 385 g/mol. The SMILES string of the molecule is Cc1cccc(N2CCN(C(=O)C(=O)NCc3ccc(Cl)cc3)CC2)c1C. The highest BCUT2D eigenvalue weighted by atomic mass is 35.5. The predicted molar refractivity (Wildman–Crippen MR) is 108 cm³/mol. The Morgan fingerprint density at radius 2 is 1.67 bits per heavy atom. The van der Waals surface area contributed by atoms with Crippen molar-refractivity contribution in [3.8, 4) is 0 Å². The number of carbonyl (C=O) groups is 2. The van der Waals surface area contributed by atoms with Crippen molar-refractivity contribution >= 4 is 29.1 Å². The summed E-state index contributed by atoms with van der Waals surface area (Å²) in [5.74, 6) is -1.03. The zero-order chi connectivity index (χ0) is 19.4. The normalized spacial score (nSPS) is 14.2. The third kappa shape index (κ3) is 4.61. The highest BCUT2D eigenvalue weighted by molar-refractivity contribution is 6.35. The lowest BCUT2D eigenvalue weighted by Gasteiger charge is -2.36. The van der Waals surface area contributed by atoms with Crippen molar-refractivity contribution in [2.45, 2.75) is 20.4 Å². The van der Waals surface area contributed by atoms with E-state index in [1.165, 1.54) is 16.8 Å². The molecule has 1 heterocycles. The quantitative estimate of drug-likeness (QED) is 0.826. The molecule has 0 aliphatic carbocycles. The minimum Gasteiger partial charge on any atom is -0.368 e. The molecule has 1 aliphatic rings. The van der Waals surface area contributed by atoms with Gasteiger partial charge in [0.2, 0.25) is 0 Å². The van der Waals surface area contributed by atoms with Gasteiger partial charge in [-0.05, 0) is 48.7 Å². The van der Waals surface area contributed by atoms with E-state index in [1.807, 2.05) is 12.1 Å². The van der Waals surface area contributed by atoms with E-state index < -0.39 is 11.8 Å². The molecule has 5 nitrogen and oxygen atoms in total. The molecule has 2 aromatic rings. The fraction of sp³-hybridized carbons (Fsp3) is 0.333. The van der Waals surface area contributed by atoms with Gasteiger partial charge in [-0.3, -0.25) is 9.59 Å². The number of aryl methyl sites for hydroxylation is 1. The molecule has 0 aromatic heterocycles. The molecule has 27 heavy (non-hydrogen) atoms. The molecule has 142 valence electrons. The molecule has 0 atom stereocenters. The molecule has 1 fully saturated rings. The number of nitrogens with zero attached hydrogens (tertiary/aromatic N) is 2. The van der Waals surface area contributed by atoms with E-state index in [0.29, 0.717) is 24.7 Å². The zero-order valence-electron chi connectivity index (χ0n) is 15.7. The summed E-state index contributed by atoms with van der Waals surface area (Å²) in [6.07, 6.45) is 0. The molecule has 2 aromatic carbocycles. The van der Waals surface area contributed by atoms with E-state index in [0.717, 1.165) is 18.7 Å². The van der Waals surface area contributed by atoms with Crippen LogP contribution >= 0.6 is 11.6 Å². The summed E-state index contributed by atoms with van der Waals surface area (Å²) in [4.78, 5) is 28.5. The fourth-order valence-corrected chi connectivity index (χ4v) is 3.36. The molecule has 0 saturated carbocycles. The zero-order valence-corrected chi connectivity index (χ0v) is 16.4. The van der Waals surface area contributed by atoms with Crippen LogP contribution in [0.5, 0.6) is 0 Å². The first-order valence-corrected chi connectivity index (χ1v) is 9.46. The number of amides is 2. The van der Waals surface area contributed by atoms with Crippen molar-refractivity contribution in [1.82, 2.24) is 10.2 Å². The van der Waals surface area contributed by atoms with Crippen LogP contribution in [0.25, 0.3) is 0 Å². The molecule has 1 saturated heterocycles. The lowest BCUT2D eigenvalue weighted by Crippen LogP contribution is -2.52. The number of nitrogens with one attached hydrogen (secondary N) is 1. The van der Waals surface area contributed by atoms with Crippen LogP contribution < -0.4 is 10.2 Å². The average molecular weight is 386 g/mol. The second-order valence-corrected chi connectivity index (χ2v) is 7.24. The Morgan fingerprint density at radius 1 is 1.00 bits per heavy atom. The maximum atomic E-state index is 12.4. The first kappa shape index (κ1) is 19.2. The number of hydrogen-bond acceptors (Lipinski definition) is 3. The third-order valence-electron chi connectivity index (χ3n) is 5.04. The molecular weight excluding hydrogens is 362 g/mol. The maximum Gasteiger partial charge on any atom is 0.312 e. The Morgan fingerprint density at radius 3 is 2.33 bits per heavy atom. The number of benzene rings is 2. The highest BCUT2D eigenvalue weighted by Gasteiger charge is 2.26. The average Bonchev–Trinajstić information content (AvgIpc) is 2.69. The number of rotatable bonds is 3. The molecule has 6 heteroatoms.